The molecule has 0 aromatic heterocycles. The lowest BCUT2D eigenvalue weighted by molar-refractivity contribution is 0.0434. The standard InChI is InChI=1S/C22H20O3/c1-16-2-4-17(5-3-16)18-6-8-19(9-7-18)20-10-12-21(13-11-20)22(24)25-15-14-23/h2-13,23H,14-15H2,1H3. The number of rotatable bonds is 5. The van der Waals surface area contributed by atoms with Crippen molar-refractivity contribution in [3.05, 3.63) is 83.9 Å². The summed E-state index contributed by atoms with van der Waals surface area (Å²) in [5, 5.41) is 8.70. The van der Waals surface area contributed by atoms with Gasteiger partial charge in [-0.1, -0.05) is 66.2 Å². The summed E-state index contributed by atoms with van der Waals surface area (Å²) in [6.07, 6.45) is 0. The van der Waals surface area contributed by atoms with Gasteiger partial charge in [0.1, 0.15) is 6.61 Å². The minimum atomic E-state index is -0.421. The lowest BCUT2D eigenvalue weighted by Crippen LogP contribution is -2.08. The van der Waals surface area contributed by atoms with Crippen LogP contribution in [0.4, 0.5) is 0 Å². The Morgan fingerprint density at radius 3 is 1.60 bits per heavy atom. The zero-order chi connectivity index (χ0) is 17.6. The molecule has 1 N–H and O–H groups in total. The van der Waals surface area contributed by atoms with Crippen LogP contribution in [-0.2, 0) is 4.74 Å². The van der Waals surface area contributed by atoms with E-state index in [1.807, 2.05) is 12.1 Å². The molecule has 0 aliphatic rings. The molecule has 0 unspecified atom stereocenters. The highest BCUT2D eigenvalue weighted by molar-refractivity contribution is 5.90. The first-order valence-corrected chi connectivity index (χ1v) is 8.23. The maximum absolute atomic E-state index is 11.7. The molecule has 25 heavy (non-hydrogen) atoms. The van der Waals surface area contributed by atoms with Crippen LogP contribution >= 0.6 is 0 Å². The predicted octanol–water partition coefficient (Wildman–Crippen LogP) is 4.48. The van der Waals surface area contributed by atoms with Gasteiger partial charge >= 0.3 is 5.97 Å². The fraction of sp³-hybridized carbons (Fsp3) is 0.136. The molecule has 0 spiro atoms. The molecule has 0 aliphatic heterocycles. The third kappa shape index (κ3) is 4.14. The maximum Gasteiger partial charge on any atom is 0.338 e. The number of benzene rings is 3. The van der Waals surface area contributed by atoms with Crippen LogP contribution in [0.3, 0.4) is 0 Å². The van der Waals surface area contributed by atoms with Gasteiger partial charge in [0.05, 0.1) is 12.2 Å². The van der Waals surface area contributed by atoms with Crippen molar-refractivity contribution in [3.8, 4) is 22.3 Å². The van der Waals surface area contributed by atoms with E-state index in [-0.39, 0.29) is 13.2 Å². The van der Waals surface area contributed by atoms with Gasteiger partial charge < -0.3 is 9.84 Å². The fourth-order valence-corrected chi connectivity index (χ4v) is 2.62. The minimum Gasteiger partial charge on any atom is -0.460 e. The van der Waals surface area contributed by atoms with Crippen LogP contribution < -0.4 is 0 Å². The van der Waals surface area contributed by atoms with Gasteiger partial charge in [-0.15, -0.1) is 0 Å². The molecule has 3 heteroatoms. The van der Waals surface area contributed by atoms with Gasteiger partial charge in [0, 0.05) is 0 Å². The first-order valence-electron chi connectivity index (χ1n) is 8.23. The monoisotopic (exact) mass is 332 g/mol. The quantitative estimate of drug-likeness (QED) is 0.701. The van der Waals surface area contributed by atoms with Crippen LogP contribution in [0, 0.1) is 6.92 Å². The van der Waals surface area contributed by atoms with E-state index >= 15 is 0 Å². The number of carbonyl (C=O) groups excluding carboxylic acids is 1. The first kappa shape index (κ1) is 16.9. The van der Waals surface area contributed by atoms with E-state index in [1.54, 1.807) is 12.1 Å². The normalized spacial score (nSPS) is 10.5. The van der Waals surface area contributed by atoms with Crippen molar-refractivity contribution < 1.29 is 14.6 Å². The van der Waals surface area contributed by atoms with Gasteiger partial charge in [-0.2, -0.15) is 0 Å². The second-order valence-corrected chi connectivity index (χ2v) is 5.88. The lowest BCUT2D eigenvalue weighted by Gasteiger charge is -2.07. The van der Waals surface area contributed by atoms with Gasteiger partial charge in [0.15, 0.2) is 0 Å². The molecule has 3 aromatic carbocycles. The van der Waals surface area contributed by atoms with Gasteiger partial charge in [-0.3, -0.25) is 0 Å². The number of carbonyl (C=O) groups is 1. The number of hydrogen-bond donors (Lipinski definition) is 1. The molecule has 0 bridgehead atoms. The lowest BCUT2D eigenvalue weighted by atomic mass is 9.99. The van der Waals surface area contributed by atoms with Crippen LogP contribution in [0.15, 0.2) is 72.8 Å². The van der Waals surface area contributed by atoms with Crippen molar-refractivity contribution in [3.63, 3.8) is 0 Å². The highest BCUT2D eigenvalue weighted by Gasteiger charge is 2.07. The van der Waals surface area contributed by atoms with Gasteiger partial charge in [0.25, 0.3) is 0 Å². The van der Waals surface area contributed by atoms with Crippen LogP contribution in [0.5, 0.6) is 0 Å². The number of esters is 1. The summed E-state index contributed by atoms with van der Waals surface area (Å²) in [5.41, 5.74) is 6.22. The van der Waals surface area contributed by atoms with Crippen molar-refractivity contribution in [1.29, 1.82) is 0 Å². The molecular weight excluding hydrogens is 312 g/mol. The third-order valence-electron chi connectivity index (χ3n) is 4.05. The molecular formula is C22H20O3. The fourth-order valence-electron chi connectivity index (χ4n) is 2.62. The van der Waals surface area contributed by atoms with Gasteiger partial charge in [-0.05, 0) is 41.3 Å². The van der Waals surface area contributed by atoms with Crippen LogP contribution in [0.1, 0.15) is 15.9 Å². The number of aliphatic hydroxyl groups excluding tert-OH is 1. The smallest absolute Gasteiger partial charge is 0.338 e. The van der Waals surface area contributed by atoms with Crippen molar-refractivity contribution >= 4 is 5.97 Å². The predicted molar refractivity (Wildman–Crippen MR) is 99.4 cm³/mol. The molecule has 3 rings (SSSR count). The minimum absolute atomic E-state index is 0.0149. The Kier molecular flexibility index (Phi) is 5.26. The topological polar surface area (TPSA) is 46.5 Å². The van der Waals surface area contributed by atoms with E-state index in [1.165, 1.54) is 16.7 Å². The molecule has 3 aromatic rings. The molecule has 0 atom stereocenters. The second kappa shape index (κ2) is 7.77. The van der Waals surface area contributed by atoms with E-state index in [9.17, 15) is 4.79 Å². The second-order valence-electron chi connectivity index (χ2n) is 5.88. The van der Waals surface area contributed by atoms with E-state index in [4.69, 9.17) is 9.84 Å². The van der Waals surface area contributed by atoms with Crippen LogP contribution in [-0.4, -0.2) is 24.3 Å². The Morgan fingerprint density at radius 2 is 1.16 bits per heavy atom. The highest BCUT2D eigenvalue weighted by atomic mass is 16.5. The maximum atomic E-state index is 11.7. The zero-order valence-corrected chi connectivity index (χ0v) is 14.1. The molecule has 0 saturated heterocycles. The number of aliphatic hydroxyl groups is 1. The van der Waals surface area contributed by atoms with E-state index < -0.39 is 5.97 Å². The van der Waals surface area contributed by atoms with Crippen molar-refractivity contribution in [2.45, 2.75) is 6.92 Å². The van der Waals surface area contributed by atoms with E-state index in [0.717, 1.165) is 11.1 Å². The molecule has 0 aliphatic carbocycles. The third-order valence-corrected chi connectivity index (χ3v) is 4.05. The van der Waals surface area contributed by atoms with Crippen molar-refractivity contribution in [1.82, 2.24) is 0 Å². The molecule has 0 fully saturated rings. The van der Waals surface area contributed by atoms with Crippen molar-refractivity contribution in [2.24, 2.45) is 0 Å². The summed E-state index contributed by atoms with van der Waals surface area (Å²) in [6.45, 7) is 1.92. The summed E-state index contributed by atoms with van der Waals surface area (Å²) in [6, 6.07) is 24.1. The zero-order valence-electron chi connectivity index (χ0n) is 14.1. The summed E-state index contributed by atoms with van der Waals surface area (Å²) in [7, 11) is 0. The molecule has 0 radical (unpaired) electrons. The average Bonchev–Trinajstić information content (AvgIpc) is 2.67. The summed E-state index contributed by atoms with van der Waals surface area (Å²) in [5.74, 6) is -0.421. The van der Waals surface area contributed by atoms with Crippen molar-refractivity contribution in [2.75, 3.05) is 13.2 Å². The number of hydrogen-bond acceptors (Lipinski definition) is 3. The summed E-state index contributed by atoms with van der Waals surface area (Å²) >= 11 is 0. The molecule has 0 amide bonds. The molecule has 126 valence electrons. The Morgan fingerprint density at radius 1 is 0.760 bits per heavy atom. The van der Waals surface area contributed by atoms with Crippen LogP contribution in [0.2, 0.25) is 0 Å². The van der Waals surface area contributed by atoms with Gasteiger partial charge in [0.2, 0.25) is 0 Å². The van der Waals surface area contributed by atoms with E-state index in [2.05, 4.69) is 55.5 Å². The first-order chi connectivity index (χ1) is 12.2. The Bertz CT molecular complexity index is 832. The van der Waals surface area contributed by atoms with E-state index in [0.29, 0.717) is 5.56 Å². The Balaban J connectivity index is 1.76. The summed E-state index contributed by atoms with van der Waals surface area (Å²) < 4.78 is 4.91. The number of ether oxygens (including phenoxy) is 1. The molecule has 0 heterocycles. The number of aryl methyl sites for hydroxylation is 1. The average molecular weight is 332 g/mol. The van der Waals surface area contributed by atoms with Crippen LogP contribution in [0.25, 0.3) is 22.3 Å². The molecule has 0 saturated carbocycles. The Labute approximate surface area is 147 Å². The largest absolute Gasteiger partial charge is 0.460 e. The SMILES string of the molecule is Cc1ccc(-c2ccc(-c3ccc(C(=O)OCCO)cc3)cc2)cc1. The summed E-state index contributed by atoms with van der Waals surface area (Å²) in [4.78, 5) is 11.7. The Hall–Kier alpha value is -2.91. The highest BCUT2D eigenvalue weighted by Crippen LogP contribution is 2.25. The van der Waals surface area contributed by atoms with Gasteiger partial charge in [-0.25, -0.2) is 4.79 Å². The molecule has 3 nitrogen and oxygen atoms in total.